The molecule has 7 heteroatoms. The fourth-order valence-electron chi connectivity index (χ4n) is 1.22. The highest BCUT2D eigenvalue weighted by Crippen LogP contribution is 2.19. The highest BCUT2D eigenvalue weighted by Gasteiger charge is 2.16. The standard InChI is InChI=1S/C10H11FN2O4/c1-6(10(14)15)12-5-7-4-8(11)2-3-9(7)13(16)17/h2-4,6,12H,5H2,1H3,(H,14,15). The smallest absolute Gasteiger partial charge is 0.320 e. The number of carbonyl (C=O) groups is 1. The van der Waals surface area contributed by atoms with Crippen LogP contribution in [0.2, 0.25) is 0 Å². The molecule has 0 aliphatic heterocycles. The highest BCUT2D eigenvalue weighted by molar-refractivity contribution is 5.72. The molecule has 1 atom stereocenters. The summed E-state index contributed by atoms with van der Waals surface area (Å²) in [5, 5.41) is 21.8. The summed E-state index contributed by atoms with van der Waals surface area (Å²) in [6.45, 7) is 1.31. The van der Waals surface area contributed by atoms with Crippen LogP contribution in [0.4, 0.5) is 10.1 Å². The predicted molar refractivity (Wildman–Crippen MR) is 57.0 cm³/mol. The van der Waals surface area contributed by atoms with Crippen molar-refractivity contribution in [2.24, 2.45) is 0 Å². The molecule has 2 N–H and O–H groups in total. The van der Waals surface area contributed by atoms with Gasteiger partial charge in [0, 0.05) is 18.2 Å². The van der Waals surface area contributed by atoms with E-state index in [1.807, 2.05) is 0 Å². The molecule has 0 radical (unpaired) electrons. The molecule has 0 bridgehead atoms. The largest absolute Gasteiger partial charge is 0.480 e. The molecule has 0 fully saturated rings. The van der Waals surface area contributed by atoms with E-state index in [1.165, 1.54) is 6.92 Å². The third-order valence-electron chi connectivity index (χ3n) is 2.21. The number of aliphatic carboxylic acids is 1. The molecule has 0 amide bonds. The summed E-state index contributed by atoms with van der Waals surface area (Å²) in [5.74, 6) is -1.68. The van der Waals surface area contributed by atoms with Gasteiger partial charge in [0.15, 0.2) is 0 Å². The first-order valence-electron chi connectivity index (χ1n) is 4.81. The van der Waals surface area contributed by atoms with Gasteiger partial charge < -0.3 is 10.4 Å². The van der Waals surface area contributed by atoms with Crippen LogP contribution in [0.5, 0.6) is 0 Å². The lowest BCUT2D eigenvalue weighted by Gasteiger charge is -2.09. The third-order valence-corrected chi connectivity index (χ3v) is 2.21. The van der Waals surface area contributed by atoms with E-state index in [4.69, 9.17) is 5.11 Å². The number of benzene rings is 1. The molecule has 1 aromatic carbocycles. The Balaban J connectivity index is 2.85. The Bertz CT molecular complexity index is 450. The van der Waals surface area contributed by atoms with E-state index in [2.05, 4.69) is 5.32 Å². The first-order valence-corrected chi connectivity index (χ1v) is 4.81. The van der Waals surface area contributed by atoms with Gasteiger partial charge in [0.25, 0.3) is 5.69 Å². The van der Waals surface area contributed by atoms with Gasteiger partial charge in [-0.2, -0.15) is 0 Å². The van der Waals surface area contributed by atoms with Crippen molar-refractivity contribution in [3.05, 3.63) is 39.7 Å². The molecule has 1 aromatic rings. The first kappa shape index (κ1) is 13.0. The summed E-state index contributed by atoms with van der Waals surface area (Å²) >= 11 is 0. The molecular formula is C10H11FN2O4. The molecule has 0 aliphatic carbocycles. The fourth-order valence-corrected chi connectivity index (χ4v) is 1.22. The summed E-state index contributed by atoms with van der Waals surface area (Å²) in [5.41, 5.74) is -0.125. The quantitative estimate of drug-likeness (QED) is 0.599. The normalized spacial score (nSPS) is 12.1. The van der Waals surface area contributed by atoms with E-state index in [0.717, 1.165) is 18.2 Å². The lowest BCUT2D eigenvalue weighted by atomic mass is 10.1. The second kappa shape index (κ2) is 5.35. The Labute approximate surface area is 96.2 Å². The molecule has 0 saturated heterocycles. The SMILES string of the molecule is CC(NCc1cc(F)ccc1[N+](=O)[O-])C(=O)O. The molecule has 92 valence electrons. The number of nitrogens with one attached hydrogen (secondary N) is 1. The van der Waals surface area contributed by atoms with Crippen LogP contribution in [-0.4, -0.2) is 22.0 Å². The number of nitro groups is 1. The van der Waals surface area contributed by atoms with E-state index in [-0.39, 0.29) is 17.8 Å². The monoisotopic (exact) mass is 242 g/mol. The summed E-state index contributed by atoms with van der Waals surface area (Å²) < 4.78 is 12.9. The molecule has 1 rings (SSSR count). The van der Waals surface area contributed by atoms with Crippen LogP contribution in [0.1, 0.15) is 12.5 Å². The van der Waals surface area contributed by atoms with Gasteiger partial charge in [0.2, 0.25) is 0 Å². The van der Waals surface area contributed by atoms with Gasteiger partial charge in [-0.05, 0) is 19.1 Å². The number of hydrogen-bond acceptors (Lipinski definition) is 4. The van der Waals surface area contributed by atoms with Crippen molar-refractivity contribution in [2.45, 2.75) is 19.5 Å². The summed E-state index contributed by atoms with van der Waals surface area (Å²) in [4.78, 5) is 20.5. The van der Waals surface area contributed by atoms with Gasteiger partial charge >= 0.3 is 5.97 Å². The Morgan fingerprint density at radius 1 is 1.65 bits per heavy atom. The van der Waals surface area contributed by atoms with Crippen LogP contribution in [0.3, 0.4) is 0 Å². The molecule has 0 aliphatic rings. The van der Waals surface area contributed by atoms with E-state index in [0.29, 0.717) is 0 Å². The molecule has 0 aromatic heterocycles. The third kappa shape index (κ3) is 3.49. The number of carboxylic acid groups (broad SMARTS) is 1. The molecule has 17 heavy (non-hydrogen) atoms. The maximum Gasteiger partial charge on any atom is 0.320 e. The van der Waals surface area contributed by atoms with Crippen LogP contribution >= 0.6 is 0 Å². The molecule has 1 unspecified atom stereocenters. The van der Waals surface area contributed by atoms with Crippen molar-refractivity contribution in [1.29, 1.82) is 0 Å². The number of carboxylic acids is 1. The van der Waals surface area contributed by atoms with Gasteiger partial charge in [-0.25, -0.2) is 4.39 Å². The van der Waals surface area contributed by atoms with Crippen molar-refractivity contribution < 1.29 is 19.2 Å². The number of nitro benzene ring substituents is 1. The minimum absolute atomic E-state index is 0.0818. The van der Waals surface area contributed by atoms with E-state index in [9.17, 15) is 19.3 Å². The number of halogens is 1. The van der Waals surface area contributed by atoms with Crippen molar-refractivity contribution in [1.82, 2.24) is 5.32 Å². The summed E-state index contributed by atoms with van der Waals surface area (Å²) in [6.07, 6.45) is 0. The summed E-state index contributed by atoms with van der Waals surface area (Å²) in [6, 6.07) is 2.19. The predicted octanol–water partition coefficient (Wildman–Crippen LogP) is 1.30. The van der Waals surface area contributed by atoms with Gasteiger partial charge in [0.05, 0.1) is 4.92 Å². The van der Waals surface area contributed by atoms with Gasteiger partial charge in [0.1, 0.15) is 11.9 Å². The molecule has 0 spiro atoms. The van der Waals surface area contributed by atoms with Crippen LogP contribution < -0.4 is 5.32 Å². The lowest BCUT2D eigenvalue weighted by Crippen LogP contribution is -2.33. The highest BCUT2D eigenvalue weighted by atomic mass is 19.1. The van der Waals surface area contributed by atoms with Gasteiger partial charge in [-0.3, -0.25) is 14.9 Å². The molecule has 0 heterocycles. The van der Waals surface area contributed by atoms with Crippen LogP contribution in [0.25, 0.3) is 0 Å². The van der Waals surface area contributed by atoms with Crippen LogP contribution in [-0.2, 0) is 11.3 Å². The van der Waals surface area contributed by atoms with Crippen LogP contribution in [0, 0.1) is 15.9 Å². The molecule has 0 saturated carbocycles. The topological polar surface area (TPSA) is 92.5 Å². The molecule has 6 nitrogen and oxygen atoms in total. The number of nitrogens with zero attached hydrogens (tertiary/aromatic N) is 1. The van der Waals surface area contributed by atoms with Gasteiger partial charge in [-0.15, -0.1) is 0 Å². The van der Waals surface area contributed by atoms with E-state index < -0.39 is 22.8 Å². The summed E-state index contributed by atoms with van der Waals surface area (Å²) in [7, 11) is 0. The minimum atomic E-state index is -1.08. The maximum atomic E-state index is 12.9. The van der Waals surface area contributed by atoms with Crippen molar-refractivity contribution in [2.75, 3.05) is 0 Å². The van der Waals surface area contributed by atoms with Crippen molar-refractivity contribution in [3.8, 4) is 0 Å². The van der Waals surface area contributed by atoms with Crippen molar-refractivity contribution >= 4 is 11.7 Å². The van der Waals surface area contributed by atoms with Crippen LogP contribution in [0.15, 0.2) is 18.2 Å². The number of hydrogen-bond donors (Lipinski definition) is 2. The average Bonchev–Trinajstić information content (AvgIpc) is 2.25. The Kier molecular flexibility index (Phi) is 4.11. The maximum absolute atomic E-state index is 12.9. The Morgan fingerprint density at radius 3 is 2.82 bits per heavy atom. The van der Waals surface area contributed by atoms with E-state index >= 15 is 0 Å². The van der Waals surface area contributed by atoms with Crippen molar-refractivity contribution in [3.63, 3.8) is 0 Å². The second-order valence-corrected chi connectivity index (χ2v) is 3.47. The van der Waals surface area contributed by atoms with Gasteiger partial charge in [-0.1, -0.05) is 0 Å². The van der Waals surface area contributed by atoms with E-state index in [1.54, 1.807) is 0 Å². The second-order valence-electron chi connectivity index (χ2n) is 3.47. The zero-order valence-corrected chi connectivity index (χ0v) is 9.01. The lowest BCUT2D eigenvalue weighted by molar-refractivity contribution is -0.385. The number of rotatable bonds is 5. The Hall–Kier alpha value is -2.02. The average molecular weight is 242 g/mol. The first-order chi connectivity index (χ1) is 7.91. The molecular weight excluding hydrogens is 231 g/mol. The minimum Gasteiger partial charge on any atom is -0.480 e. The zero-order chi connectivity index (χ0) is 13.0. The fraction of sp³-hybridized carbons (Fsp3) is 0.300. The zero-order valence-electron chi connectivity index (χ0n) is 9.01. The Morgan fingerprint density at radius 2 is 2.29 bits per heavy atom.